The number of hydrogen-bond donors (Lipinski definition) is 0. The molecule has 0 N–H and O–H groups in total. The Morgan fingerprint density at radius 3 is 1.63 bits per heavy atom. The van der Waals surface area contributed by atoms with Gasteiger partial charge in [-0.2, -0.15) is 9.97 Å². The van der Waals surface area contributed by atoms with Crippen molar-refractivity contribution in [1.29, 1.82) is 0 Å². The second-order valence-electron chi connectivity index (χ2n) is 14.7. The van der Waals surface area contributed by atoms with Crippen molar-refractivity contribution in [3.05, 3.63) is 200 Å². The Morgan fingerprint density at radius 2 is 0.898 bits per heavy atom. The van der Waals surface area contributed by atoms with Crippen LogP contribution in [0.25, 0.3) is 106 Å². The van der Waals surface area contributed by atoms with E-state index in [-0.39, 0.29) is 0 Å². The van der Waals surface area contributed by atoms with Crippen LogP contribution in [0.5, 0.6) is 0 Å². The molecule has 8 aromatic carbocycles. The van der Waals surface area contributed by atoms with Gasteiger partial charge in [0.2, 0.25) is 11.7 Å². The van der Waals surface area contributed by atoms with E-state index in [2.05, 4.69) is 153 Å². The molecule has 0 aliphatic rings. The molecule has 7 heteroatoms. The highest BCUT2D eigenvalue weighted by molar-refractivity contribution is 6.16. The zero-order chi connectivity index (χ0) is 38.9. The second kappa shape index (κ2) is 13.2. The number of rotatable bonds is 6. The number of aromatic nitrogens is 7. The molecule has 0 spiro atoms. The molecule has 0 aliphatic carbocycles. The summed E-state index contributed by atoms with van der Waals surface area (Å²) in [5.41, 5.74) is 13.7. The van der Waals surface area contributed by atoms with E-state index in [0.29, 0.717) is 17.6 Å². The van der Waals surface area contributed by atoms with Gasteiger partial charge in [-0.05, 0) is 65.2 Å². The number of para-hydroxylation sites is 5. The van der Waals surface area contributed by atoms with Gasteiger partial charge < -0.3 is 0 Å². The summed E-state index contributed by atoms with van der Waals surface area (Å²) in [6.07, 6.45) is 0. The molecule has 7 nitrogen and oxygen atoms in total. The van der Waals surface area contributed by atoms with Crippen molar-refractivity contribution in [2.24, 2.45) is 0 Å². The van der Waals surface area contributed by atoms with Crippen molar-refractivity contribution in [3.8, 4) is 56.7 Å². The van der Waals surface area contributed by atoms with E-state index < -0.39 is 0 Å². The van der Waals surface area contributed by atoms with E-state index in [1.165, 1.54) is 0 Å². The van der Waals surface area contributed by atoms with Crippen LogP contribution in [-0.4, -0.2) is 33.5 Å². The average Bonchev–Trinajstić information content (AvgIpc) is 3.97. The summed E-state index contributed by atoms with van der Waals surface area (Å²) in [6.45, 7) is 0. The Hall–Kier alpha value is -8.16. The Kier molecular flexibility index (Phi) is 7.40. The first-order chi connectivity index (χ1) is 29.3. The lowest BCUT2D eigenvalue weighted by Gasteiger charge is -2.12. The van der Waals surface area contributed by atoms with Crippen LogP contribution in [-0.2, 0) is 0 Å². The maximum Gasteiger partial charge on any atom is 0.238 e. The number of nitrogens with zero attached hydrogens (tertiary/aromatic N) is 7. The van der Waals surface area contributed by atoms with Gasteiger partial charge in [-0.3, -0.25) is 13.5 Å². The van der Waals surface area contributed by atoms with Gasteiger partial charge in [0, 0.05) is 33.2 Å². The van der Waals surface area contributed by atoms with Crippen LogP contribution in [0.1, 0.15) is 0 Å². The lowest BCUT2D eigenvalue weighted by Crippen LogP contribution is -2.06. The van der Waals surface area contributed by atoms with Crippen LogP contribution >= 0.6 is 0 Å². The van der Waals surface area contributed by atoms with E-state index in [0.717, 1.165) is 88.7 Å². The zero-order valence-electron chi connectivity index (χ0n) is 31.7. The number of fused-ring (bicyclic) bond motifs is 8. The van der Waals surface area contributed by atoms with Crippen molar-refractivity contribution in [2.45, 2.75) is 0 Å². The average molecular weight is 756 g/mol. The van der Waals surface area contributed by atoms with Crippen molar-refractivity contribution in [1.82, 2.24) is 33.5 Å². The molecule has 4 aromatic heterocycles. The molecule has 12 rings (SSSR count). The van der Waals surface area contributed by atoms with Gasteiger partial charge in [-0.15, -0.1) is 0 Å². The van der Waals surface area contributed by atoms with Crippen molar-refractivity contribution < 1.29 is 0 Å². The normalized spacial score (nSPS) is 11.7. The van der Waals surface area contributed by atoms with E-state index in [4.69, 9.17) is 19.9 Å². The minimum Gasteiger partial charge on any atom is -0.278 e. The topological polar surface area (TPSA) is 65.8 Å². The fourth-order valence-corrected chi connectivity index (χ4v) is 8.73. The molecule has 12 aromatic rings. The minimum atomic E-state index is 0.570. The summed E-state index contributed by atoms with van der Waals surface area (Å²) in [6, 6.07) is 69.7. The van der Waals surface area contributed by atoms with Crippen LogP contribution in [0.3, 0.4) is 0 Å². The lowest BCUT2D eigenvalue weighted by atomic mass is 9.95. The fourth-order valence-electron chi connectivity index (χ4n) is 8.73. The summed E-state index contributed by atoms with van der Waals surface area (Å²) in [7, 11) is 0. The molecule has 0 fully saturated rings. The molecule has 0 unspecified atom stereocenters. The van der Waals surface area contributed by atoms with Crippen molar-refractivity contribution >= 4 is 49.7 Å². The summed E-state index contributed by atoms with van der Waals surface area (Å²) in [5.74, 6) is 2.71. The van der Waals surface area contributed by atoms with Crippen LogP contribution in [0.2, 0.25) is 0 Å². The molecule has 4 heterocycles. The highest BCUT2D eigenvalue weighted by atomic mass is 15.2. The monoisotopic (exact) mass is 755 g/mol. The molecule has 0 amide bonds. The Balaban J connectivity index is 1.08. The highest BCUT2D eigenvalue weighted by Gasteiger charge is 2.22. The summed E-state index contributed by atoms with van der Waals surface area (Å²) in [4.78, 5) is 20.5. The number of benzene rings is 8. The van der Waals surface area contributed by atoms with Gasteiger partial charge in [0.25, 0.3) is 0 Å². The zero-order valence-corrected chi connectivity index (χ0v) is 31.7. The third kappa shape index (κ3) is 5.22. The maximum atomic E-state index is 5.17. The second-order valence-corrected chi connectivity index (χ2v) is 14.7. The molecule has 59 heavy (non-hydrogen) atoms. The Labute approximate surface area is 338 Å². The van der Waals surface area contributed by atoms with E-state index in [1.807, 2.05) is 60.7 Å². The molecular formula is C52H33N7. The van der Waals surface area contributed by atoms with Crippen LogP contribution in [0, 0.1) is 0 Å². The molecular weight excluding hydrogens is 723 g/mol. The fraction of sp³-hybridized carbons (Fsp3) is 0. The first-order valence-electron chi connectivity index (χ1n) is 19.7. The maximum absolute atomic E-state index is 5.17. The standard InChI is InChI=1S/C52H33N7/c1-4-17-34(18-5-1)49-54-50(35-19-6-2-7-20-35)56-51(55-49)58-43-29-12-10-25-41(43)47-39(26-15-31-45(47)58)36-21-14-22-37(33-36)40-27-16-32-46-48(40)59-44-30-13-11-28-42(44)53-52(59)57(46)38-23-8-3-9-24-38/h1-33H. The Morgan fingerprint density at radius 1 is 0.356 bits per heavy atom. The molecule has 0 radical (unpaired) electrons. The van der Waals surface area contributed by atoms with Crippen LogP contribution in [0.4, 0.5) is 0 Å². The van der Waals surface area contributed by atoms with Gasteiger partial charge in [-0.25, -0.2) is 9.97 Å². The first kappa shape index (κ1) is 33.0. The van der Waals surface area contributed by atoms with Gasteiger partial charge in [0.05, 0.1) is 33.1 Å². The molecule has 0 saturated heterocycles. The third-order valence-electron chi connectivity index (χ3n) is 11.3. The van der Waals surface area contributed by atoms with Crippen LogP contribution < -0.4 is 0 Å². The molecule has 0 aliphatic heterocycles. The van der Waals surface area contributed by atoms with Gasteiger partial charge in [0.1, 0.15) is 0 Å². The Bertz CT molecular complexity index is 3490. The molecule has 0 bridgehead atoms. The van der Waals surface area contributed by atoms with Gasteiger partial charge in [-0.1, -0.05) is 152 Å². The third-order valence-corrected chi connectivity index (χ3v) is 11.3. The van der Waals surface area contributed by atoms with Gasteiger partial charge in [0.15, 0.2) is 11.6 Å². The molecule has 0 saturated carbocycles. The van der Waals surface area contributed by atoms with Gasteiger partial charge >= 0.3 is 0 Å². The van der Waals surface area contributed by atoms with Crippen molar-refractivity contribution in [2.75, 3.05) is 0 Å². The molecule has 0 atom stereocenters. The summed E-state index contributed by atoms with van der Waals surface area (Å²) >= 11 is 0. The van der Waals surface area contributed by atoms with Crippen molar-refractivity contribution in [3.63, 3.8) is 0 Å². The van der Waals surface area contributed by atoms with E-state index >= 15 is 0 Å². The quantitative estimate of drug-likeness (QED) is 0.169. The number of imidazole rings is 2. The number of hydrogen-bond acceptors (Lipinski definition) is 4. The first-order valence-corrected chi connectivity index (χ1v) is 19.7. The highest BCUT2D eigenvalue weighted by Crippen LogP contribution is 2.41. The van der Waals surface area contributed by atoms with E-state index in [9.17, 15) is 0 Å². The summed E-state index contributed by atoms with van der Waals surface area (Å²) < 4.78 is 6.77. The smallest absolute Gasteiger partial charge is 0.238 e. The predicted octanol–water partition coefficient (Wildman–Crippen LogP) is 12.4. The van der Waals surface area contributed by atoms with E-state index in [1.54, 1.807) is 0 Å². The lowest BCUT2D eigenvalue weighted by molar-refractivity contribution is 0.953. The largest absolute Gasteiger partial charge is 0.278 e. The minimum absolute atomic E-state index is 0.570. The predicted molar refractivity (Wildman–Crippen MR) is 239 cm³/mol. The SMILES string of the molecule is c1ccc(-c2nc(-c3ccccc3)nc(-n3c4ccccc4c4c(-c5cccc(-c6cccc7c6n6c8ccccc8nc6n7-c6ccccc6)c5)cccc43)n2)cc1. The molecule has 276 valence electrons. The van der Waals surface area contributed by atoms with Crippen LogP contribution in [0.15, 0.2) is 200 Å². The summed E-state index contributed by atoms with van der Waals surface area (Å²) in [5, 5.41) is 2.26.